The summed E-state index contributed by atoms with van der Waals surface area (Å²) in [5.74, 6) is 0.210. The van der Waals surface area contributed by atoms with Gasteiger partial charge in [0.1, 0.15) is 11.8 Å². The highest BCUT2D eigenvalue weighted by Gasteiger charge is 2.27. The van der Waals surface area contributed by atoms with Crippen molar-refractivity contribution in [2.45, 2.75) is 45.2 Å². The Bertz CT molecular complexity index is 969. The number of benzene rings is 2. The van der Waals surface area contributed by atoms with E-state index in [1.54, 1.807) is 12.0 Å². The number of amides is 4. The van der Waals surface area contributed by atoms with E-state index in [-0.39, 0.29) is 23.9 Å². The largest absolute Gasteiger partial charge is 0.497 e. The minimum Gasteiger partial charge on any atom is -0.497 e. The lowest BCUT2D eigenvalue weighted by Gasteiger charge is -2.33. The first-order valence-electron chi connectivity index (χ1n) is 11.2. The summed E-state index contributed by atoms with van der Waals surface area (Å²) in [6, 6.07) is 14.2. The van der Waals surface area contributed by atoms with Gasteiger partial charge < -0.3 is 25.6 Å². The van der Waals surface area contributed by atoms with E-state index in [4.69, 9.17) is 4.74 Å². The molecule has 1 atom stereocenters. The molecule has 0 unspecified atom stereocenters. The van der Waals surface area contributed by atoms with Gasteiger partial charge in [-0.2, -0.15) is 0 Å². The van der Waals surface area contributed by atoms with Crippen molar-refractivity contribution >= 4 is 23.5 Å². The number of likely N-dealkylation sites (tertiary alicyclic amines) is 1. The molecule has 0 radical (unpaired) electrons. The predicted molar refractivity (Wildman–Crippen MR) is 127 cm³/mol. The van der Waals surface area contributed by atoms with Crippen molar-refractivity contribution in [3.05, 3.63) is 59.7 Å². The van der Waals surface area contributed by atoms with Gasteiger partial charge in [-0.3, -0.25) is 9.59 Å². The van der Waals surface area contributed by atoms with Crippen LogP contribution in [0.2, 0.25) is 0 Å². The average molecular weight is 453 g/mol. The van der Waals surface area contributed by atoms with Crippen LogP contribution in [0.3, 0.4) is 0 Å². The molecule has 4 amide bonds. The van der Waals surface area contributed by atoms with E-state index >= 15 is 0 Å². The fourth-order valence-electron chi connectivity index (χ4n) is 3.86. The maximum Gasteiger partial charge on any atom is 0.321 e. The fraction of sp³-hybridized carbons (Fsp3) is 0.400. The van der Waals surface area contributed by atoms with Crippen LogP contribution in [0, 0.1) is 6.92 Å². The molecule has 1 saturated heterocycles. The first-order valence-corrected chi connectivity index (χ1v) is 11.2. The van der Waals surface area contributed by atoms with Crippen molar-refractivity contribution in [3.8, 4) is 5.75 Å². The van der Waals surface area contributed by atoms with Gasteiger partial charge in [-0.25, -0.2) is 4.79 Å². The number of ether oxygens (including phenoxy) is 1. The Hall–Kier alpha value is -3.55. The van der Waals surface area contributed by atoms with Crippen molar-refractivity contribution in [2.75, 3.05) is 25.5 Å². The van der Waals surface area contributed by atoms with Crippen LogP contribution in [0.25, 0.3) is 0 Å². The lowest BCUT2D eigenvalue weighted by atomic mass is 10.0. The number of hydrogen-bond acceptors (Lipinski definition) is 4. The average Bonchev–Trinajstić information content (AvgIpc) is 2.80. The normalized spacial score (nSPS) is 14.8. The van der Waals surface area contributed by atoms with Crippen LogP contribution < -0.4 is 20.7 Å². The minimum atomic E-state index is -0.683. The van der Waals surface area contributed by atoms with Gasteiger partial charge in [-0.1, -0.05) is 29.8 Å². The van der Waals surface area contributed by atoms with E-state index in [9.17, 15) is 14.4 Å². The Balaban J connectivity index is 1.52. The maximum atomic E-state index is 12.9. The van der Waals surface area contributed by atoms with Crippen molar-refractivity contribution < 1.29 is 19.1 Å². The Kier molecular flexibility index (Phi) is 8.29. The molecule has 0 aromatic heterocycles. The standard InChI is InChI=1S/C25H32N4O4/c1-17-7-9-20(10-8-17)28-25(32)29-13-11-21(12-14-29)27-24(31)23(26-18(2)30)16-19-5-4-6-22(15-19)33-3/h4-10,15,21,23H,11-14,16H2,1-3H3,(H,26,30)(H,27,31)(H,28,32)/t23-/m0/s1. The summed E-state index contributed by atoms with van der Waals surface area (Å²) in [7, 11) is 1.59. The number of nitrogens with zero attached hydrogens (tertiary/aromatic N) is 1. The summed E-state index contributed by atoms with van der Waals surface area (Å²) in [4.78, 5) is 38.9. The second kappa shape index (κ2) is 11.4. The molecular formula is C25H32N4O4. The highest BCUT2D eigenvalue weighted by molar-refractivity contribution is 5.89. The van der Waals surface area contributed by atoms with Crippen LogP contribution in [-0.4, -0.2) is 55.0 Å². The zero-order valence-corrected chi connectivity index (χ0v) is 19.4. The van der Waals surface area contributed by atoms with Gasteiger partial charge in [0, 0.05) is 38.2 Å². The number of methoxy groups -OCH3 is 1. The van der Waals surface area contributed by atoms with Gasteiger partial charge in [0.2, 0.25) is 11.8 Å². The summed E-state index contributed by atoms with van der Waals surface area (Å²) in [5, 5.41) is 8.71. The van der Waals surface area contributed by atoms with Gasteiger partial charge in [0.15, 0.2) is 0 Å². The van der Waals surface area contributed by atoms with E-state index in [2.05, 4.69) is 16.0 Å². The molecular weight excluding hydrogens is 420 g/mol. The molecule has 1 fully saturated rings. The first-order chi connectivity index (χ1) is 15.8. The first kappa shape index (κ1) is 24.1. The number of urea groups is 1. The zero-order chi connectivity index (χ0) is 23.8. The number of nitrogens with one attached hydrogen (secondary N) is 3. The molecule has 8 heteroatoms. The quantitative estimate of drug-likeness (QED) is 0.601. The Labute approximate surface area is 194 Å². The van der Waals surface area contributed by atoms with Crippen LogP contribution in [0.4, 0.5) is 10.5 Å². The third-order valence-corrected chi connectivity index (χ3v) is 5.70. The molecule has 2 aromatic carbocycles. The van der Waals surface area contributed by atoms with Crippen LogP contribution in [-0.2, 0) is 16.0 Å². The van der Waals surface area contributed by atoms with Gasteiger partial charge in [0.25, 0.3) is 0 Å². The number of anilines is 1. The van der Waals surface area contributed by atoms with Crippen LogP contribution in [0.15, 0.2) is 48.5 Å². The summed E-state index contributed by atoms with van der Waals surface area (Å²) in [6.45, 7) is 4.49. The molecule has 0 saturated carbocycles. The Morgan fingerprint density at radius 1 is 1.09 bits per heavy atom. The minimum absolute atomic E-state index is 0.0532. The number of piperidine rings is 1. The topological polar surface area (TPSA) is 99.8 Å². The van der Waals surface area contributed by atoms with Gasteiger partial charge >= 0.3 is 6.03 Å². The third kappa shape index (κ3) is 7.24. The van der Waals surface area contributed by atoms with Crippen LogP contribution in [0.1, 0.15) is 30.9 Å². The molecule has 0 bridgehead atoms. The second-order valence-electron chi connectivity index (χ2n) is 8.37. The third-order valence-electron chi connectivity index (χ3n) is 5.70. The molecule has 3 rings (SSSR count). The monoisotopic (exact) mass is 452 g/mol. The molecule has 1 aliphatic rings. The summed E-state index contributed by atoms with van der Waals surface area (Å²) in [5.41, 5.74) is 2.79. The molecule has 0 spiro atoms. The van der Waals surface area contributed by atoms with Crippen LogP contribution in [0.5, 0.6) is 5.75 Å². The summed E-state index contributed by atoms with van der Waals surface area (Å²) >= 11 is 0. The number of carbonyl (C=O) groups excluding carboxylic acids is 3. The number of rotatable bonds is 7. The number of aryl methyl sites for hydroxylation is 1. The van der Waals surface area contributed by atoms with E-state index in [0.29, 0.717) is 38.1 Å². The van der Waals surface area contributed by atoms with E-state index in [0.717, 1.165) is 16.8 Å². The van der Waals surface area contributed by atoms with Gasteiger partial charge in [0.05, 0.1) is 7.11 Å². The molecule has 3 N–H and O–H groups in total. The van der Waals surface area contributed by atoms with Crippen molar-refractivity contribution in [1.82, 2.24) is 15.5 Å². The molecule has 1 aliphatic heterocycles. The molecule has 33 heavy (non-hydrogen) atoms. The van der Waals surface area contributed by atoms with E-state index in [1.807, 2.05) is 55.5 Å². The zero-order valence-electron chi connectivity index (χ0n) is 19.4. The van der Waals surface area contributed by atoms with Crippen molar-refractivity contribution in [2.24, 2.45) is 0 Å². The highest BCUT2D eigenvalue weighted by Crippen LogP contribution is 2.16. The molecule has 8 nitrogen and oxygen atoms in total. The smallest absolute Gasteiger partial charge is 0.321 e. The second-order valence-corrected chi connectivity index (χ2v) is 8.37. The number of hydrogen-bond donors (Lipinski definition) is 3. The Morgan fingerprint density at radius 3 is 2.42 bits per heavy atom. The van der Waals surface area contributed by atoms with Gasteiger partial charge in [-0.05, 0) is 49.6 Å². The SMILES string of the molecule is COc1cccc(C[C@H](NC(C)=O)C(=O)NC2CCN(C(=O)Nc3ccc(C)cc3)CC2)c1. The summed E-state index contributed by atoms with van der Waals surface area (Å²) in [6.07, 6.45) is 1.67. The fourth-order valence-corrected chi connectivity index (χ4v) is 3.86. The van der Waals surface area contributed by atoms with Crippen molar-refractivity contribution in [3.63, 3.8) is 0 Å². The van der Waals surface area contributed by atoms with Crippen LogP contribution >= 0.6 is 0 Å². The molecule has 176 valence electrons. The highest BCUT2D eigenvalue weighted by atomic mass is 16.5. The lowest BCUT2D eigenvalue weighted by molar-refractivity contribution is -0.128. The van der Waals surface area contributed by atoms with Gasteiger partial charge in [-0.15, -0.1) is 0 Å². The lowest BCUT2D eigenvalue weighted by Crippen LogP contribution is -2.53. The number of carbonyl (C=O) groups is 3. The summed E-state index contributed by atoms with van der Waals surface area (Å²) < 4.78 is 5.25. The molecule has 1 heterocycles. The Morgan fingerprint density at radius 2 is 1.79 bits per heavy atom. The van der Waals surface area contributed by atoms with E-state index in [1.165, 1.54) is 6.92 Å². The predicted octanol–water partition coefficient (Wildman–Crippen LogP) is 2.86. The van der Waals surface area contributed by atoms with Crippen molar-refractivity contribution in [1.29, 1.82) is 0 Å². The van der Waals surface area contributed by atoms with E-state index < -0.39 is 6.04 Å². The molecule has 0 aliphatic carbocycles. The maximum absolute atomic E-state index is 12.9. The molecule has 2 aromatic rings.